The molecule has 1 rings (SSSR count). The molecule has 5 heteroatoms. The van der Waals surface area contributed by atoms with Crippen molar-refractivity contribution >= 4 is 11.9 Å². The predicted octanol–water partition coefficient (Wildman–Crippen LogP) is 1.35. The van der Waals surface area contributed by atoms with Gasteiger partial charge in [0.1, 0.15) is 6.04 Å². The molecular weight excluding hydrogens is 242 g/mol. The Balaban J connectivity index is 2.30. The van der Waals surface area contributed by atoms with Crippen molar-refractivity contribution in [2.24, 2.45) is 5.73 Å². The van der Waals surface area contributed by atoms with Crippen LogP contribution in [0.3, 0.4) is 0 Å². The summed E-state index contributed by atoms with van der Waals surface area (Å²) in [6, 6.07) is 8.83. The summed E-state index contributed by atoms with van der Waals surface area (Å²) in [7, 11) is 0. The van der Waals surface area contributed by atoms with E-state index >= 15 is 0 Å². The highest BCUT2D eigenvalue weighted by Crippen LogP contribution is 2.17. The van der Waals surface area contributed by atoms with Gasteiger partial charge in [-0.1, -0.05) is 37.3 Å². The zero-order valence-corrected chi connectivity index (χ0v) is 11.3. The standard InChI is InChI=1S/C14H21N3O2/c1-10(12-6-4-3-5-7-12)8-9-16-13(18)11(2)17-14(15)19/h3-7,10-11H,8-9H2,1-2H3,(H,16,18)(H3,15,17,19)/t10-,11-/m1/s1. The summed E-state index contributed by atoms with van der Waals surface area (Å²) in [6.45, 7) is 4.28. The molecule has 1 aromatic rings. The van der Waals surface area contributed by atoms with Gasteiger partial charge in [-0.3, -0.25) is 4.79 Å². The summed E-state index contributed by atoms with van der Waals surface area (Å²) in [4.78, 5) is 22.2. The molecule has 0 heterocycles. The first-order valence-electron chi connectivity index (χ1n) is 6.39. The van der Waals surface area contributed by atoms with Crippen molar-refractivity contribution < 1.29 is 9.59 Å². The molecule has 0 aliphatic heterocycles. The quantitative estimate of drug-likeness (QED) is 0.724. The van der Waals surface area contributed by atoms with Gasteiger partial charge in [0.25, 0.3) is 0 Å². The summed E-state index contributed by atoms with van der Waals surface area (Å²) in [5.41, 5.74) is 6.20. The summed E-state index contributed by atoms with van der Waals surface area (Å²) < 4.78 is 0. The van der Waals surface area contributed by atoms with Crippen LogP contribution >= 0.6 is 0 Å². The molecule has 104 valence electrons. The second kappa shape index (κ2) is 7.41. The van der Waals surface area contributed by atoms with E-state index in [0.29, 0.717) is 12.5 Å². The van der Waals surface area contributed by atoms with Crippen molar-refractivity contribution in [3.63, 3.8) is 0 Å². The number of urea groups is 1. The Kier molecular flexibility index (Phi) is 5.85. The first-order chi connectivity index (χ1) is 9.00. The molecule has 0 fully saturated rings. The summed E-state index contributed by atoms with van der Waals surface area (Å²) >= 11 is 0. The van der Waals surface area contributed by atoms with E-state index in [-0.39, 0.29) is 5.91 Å². The molecule has 0 unspecified atom stereocenters. The Hall–Kier alpha value is -2.04. The molecule has 0 spiro atoms. The van der Waals surface area contributed by atoms with Crippen LogP contribution in [0.5, 0.6) is 0 Å². The second-order valence-electron chi connectivity index (χ2n) is 4.62. The van der Waals surface area contributed by atoms with Crippen LogP contribution in [-0.4, -0.2) is 24.5 Å². The fourth-order valence-corrected chi connectivity index (χ4v) is 1.79. The SMILES string of the molecule is C[C@H](CCNC(=O)[C@@H](C)NC(N)=O)c1ccccc1. The van der Waals surface area contributed by atoms with Gasteiger partial charge in [-0.25, -0.2) is 4.79 Å². The third kappa shape index (κ3) is 5.42. The van der Waals surface area contributed by atoms with Crippen LogP contribution in [0.4, 0.5) is 4.79 Å². The van der Waals surface area contributed by atoms with Gasteiger partial charge in [-0.2, -0.15) is 0 Å². The number of benzene rings is 1. The Morgan fingerprint density at radius 3 is 2.42 bits per heavy atom. The number of carbonyl (C=O) groups is 2. The van der Waals surface area contributed by atoms with E-state index in [1.54, 1.807) is 6.92 Å². The highest BCUT2D eigenvalue weighted by Gasteiger charge is 2.13. The number of hydrogen-bond donors (Lipinski definition) is 3. The van der Waals surface area contributed by atoms with Crippen LogP contribution < -0.4 is 16.4 Å². The van der Waals surface area contributed by atoms with Crippen molar-refractivity contribution in [3.05, 3.63) is 35.9 Å². The van der Waals surface area contributed by atoms with E-state index in [0.717, 1.165) is 6.42 Å². The minimum absolute atomic E-state index is 0.223. The van der Waals surface area contributed by atoms with Gasteiger partial charge in [0, 0.05) is 6.54 Å². The molecule has 5 nitrogen and oxygen atoms in total. The van der Waals surface area contributed by atoms with E-state index in [1.807, 2.05) is 18.2 Å². The lowest BCUT2D eigenvalue weighted by molar-refractivity contribution is -0.122. The van der Waals surface area contributed by atoms with Crippen molar-refractivity contribution in [1.82, 2.24) is 10.6 Å². The number of hydrogen-bond acceptors (Lipinski definition) is 2. The summed E-state index contributed by atoms with van der Waals surface area (Å²) in [5.74, 6) is 0.153. The van der Waals surface area contributed by atoms with E-state index in [1.165, 1.54) is 5.56 Å². The van der Waals surface area contributed by atoms with Gasteiger partial charge in [0.05, 0.1) is 0 Å². The molecule has 4 N–H and O–H groups in total. The molecule has 0 aromatic heterocycles. The Morgan fingerprint density at radius 1 is 1.21 bits per heavy atom. The Morgan fingerprint density at radius 2 is 1.84 bits per heavy atom. The predicted molar refractivity (Wildman–Crippen MR) is 74.7 cm³/mol. The third-order valence-electron chi connectivity index (χ3n) is 3.00. The normalized spacial score (nSPS) is 13.4. The minimum Gasteiger partial charge on any atom is -0.354 e. The second-order valence-corrected chi connectivity index (χ2v) is 4.62. The Labute approximate surface area is 113 Å². The fourth-order valence-electron chi connectivity index (χ4n) is 1.79. The smallest absolute Gasteiger partial charge is 0.312 e. The van der Waals surface area contributed by atoms with E-state index in [9.17, 15) is 9.59 Å². The molecule has 1 aromatic carbocycles. The van der Waals surface area contributed by atoms with Gasteiger partial charge < -0.3 is 16.4 Å². The lowest BCUT2D eigenvalue weighted by atomic mass is 9.98. The highest BCUT2D eigenvalue weighted by molar-refractivity contribution is 5.86. The van der Waals surface area contributed by atoms with Crippen LogP contribution in [0.25, 0.3) is 0 Å². The van der Waals surface area contributed by atoms with Gasteiger partial charge >= 0.3 is 6.03 Å². The average molecular weight is 263 g/mol. The van der Waals surface area contributed by atoms with E-state index < -0.39 is 12.1 Å². The number of nitrogens with two attached hydrogens (primary N) is 1. The molecule has 0 aliphatic rings. The van der Waals surface area contributed by atoms with Gasteiger partial charge in [-0.15, -0.1) is 0 Å². The minimum atomic E-state index is -0.694. The topological polar surface area (TPSA) is 84.2 Å². The van der Waals surface area contributed by atoms with Crippen molar-refractivity contribution in [2.45, 2.75) is 32.2 Å². The molecule has 0 saturated carbocycles. The number of amides is 3. The third-order valence-corrected chi connectivity index (χ3v) is 3.00. The molecule has 0 bridgehead atoms. The van der Waals surface area contributed by atoms with Crippen molar-refractivity contribution in [3.8, 4) is 0 Å². The van der Waals surface area contributed by atoms with Crippen LogP contribution in [0, 0.1) is 0 Å². The number of primary amides is 1. The largest absolute Gasteiger partial charge is 0.354 e. The molecule has 0 radical (unpaired) electrons. The molecule has 19 heavy (non-hydrogen) atoms. The van der Waals surface area contributed by atoms with Crippen LogP contribution in [0.2, 0.25) is 0 Å². The van der Waals surface area contributed by atoms with Crippen LogP contribution in [0.15, 0.2) is 30.3 Å². The maximum absolute atomic E-state index is 11.6. The van der Waals surface area contributed by atoms with Crippen LogP contribution in [0.1, 0.15) is 31.7 Å². The zero-order valence-electron chi connectivity index (χ0n) is 11.3. The van der Waals surface area contributed by atoms with E-state index in [2.05, 4.69) is 29.7 Å². The van der Waals surface area contributed by atoms with Crippen molar-refractivity contribution in [2.75, 3.05) is 6.54 Å². The molecule has 0 aliphatic carbocycles. The summed E-state index contributed by atoms with van der Waals surface area (Å²) in [6.07, 6.45) is 0.846. The average Bonchev–Trinajstić information content (AvgIpc) is 2.38. The molecule has 3 amide bonds. The van der Waals surface area contributed by atoms with Gasteiger partial charge in [0.2, 0.25) is 5.91 Å². The van der Waals surface area contributed by atoms with Gasteiger partial charge in [0.15, 0.2) is 0 Å². The highest BCUT2D eigenvalue weighted by atomic mass is 16.2. The first kappa shape index (κ1) is 15.0. The lowest BCUT2D eigenvalue weighted by Gasteiger charge is -2.15. The Bertz CT molecular complexity index is 420. The number of nitrogens with one attached hydrogen (secondary N) is 2. The zero-order chi connectivity index (χ0) is 14.3. The lowest BCUT2D eigenvalue weighted by Crippen LogP contribution is -2.47. The number of carbonyl (C=O) groups excluding carboxylic acids is 2. The summed E-state index contributed by atoms with van der Waals surface area (Å²) in [5, 5.41) is 5.12. The monoisotopic (exact) mass is 263 g/mol. The van der Waals surface area contributed by atoms with Gasteiger partial charge in [-0.05, 0) is 24.8 Å². The van der Waals surface area contributed by atoms with Crippen LogP contribution in [-0.2, 0) is 4.79 Å². The molecule has 2 atom stereocenters. The fraction of sp³-hybridized carbons (Fsp3) is 0.429. The molecular formula is C14H21N3O2. The first-order valence-corrected chi connectivity index (χ1v) is 6.39. The maximum Gasteiger partial charge on any atom is 0.312 e. The maximum atomic E-state index is 11.6. The van der Waals surface area contributed by atoms with Crippen molar-refractivity contribution in [1.29, 1.82) is 0 Å². The molecule has 0 saturated heterocycles. The number of rotatable bonds is 6. The van der Waals surface area contributed by atoms with E-state index in [4.69, 9.17) is 5.73 Å².